The first-order valence-electron chi connectivity index (χ1n) is 6.31. The first kappa shape index (κ1) is 12.8. The van der Waals surface area contributed by atoms with Gasteiger partial charge in [0.1, 0.15) is 0 Å². The van der Waals surface area contributed by atoms with E-state index in [0.717, 1.165) is 18.4 Å². The van der Waals surface area contributed by atoms with Crippen LogP contribution < -0.4 is 0 Å². The number of hydrogen-bond acceptors (Lipinski definition) is 3. The third-order valence-corrected chi connectivity index (χ3v) is 3.24. The van der Waals surface area contributed by atoms with Gasteiger partial charge in [-0.15, -0.1) is 0 Å². The summed E-state index contributed by atoms with van der Waals surface area (Å²) >= 11 is 0. The van der Waals surface area contributed by atoms with Gasteiger partial charge in [0.25, 0.3) is 0 Å². The molecule has 1 aromatic heterocycles. The Morgan fingerprint density at radius 2 is 2.39 bits per heavy atom. The topological polar surface area (TPSA) is 53.4 Å². The van der Waals surface area contributed by atoms with E-state index in [9.17, 15) is 4.79 Å². The van der Waals surface area contributed by atoms with Gasteiger partial charge < -0.3 is 10.0 Å². The molecule has 18 heavy (non-hydrogen) atoms. The lowest BCUT2D eigenvalue weighted by molar-refractivity contribution is -0.130. The largest absolute Gasteiger partial charge is 0.395 e. The second kappa shape index (κ2) is 6.31. The molecule has 4 nitrogen and oxygen atoms in total. The van der Waals surface area contributed by atoms with Crippen LogP contribution in [0, 0.1) is 0 Å². The monoisotopic (exact) mass is 246 g/mol. The molecule has 0 bridgehead atoms. The zero-order valence-electron chi connectivity index (χ0n) is 10.3. The molecule has 1 aliphatic carbocycles. The number of aromatic nitrogens is 1. The maximum absolute atomic E-state index is 12.0. The van der Waals surface area contributed by atoms with Gasteiger partial charge in [-0.1, -0.05) is 6.07 Å². The minimum absolute atomic E-state index is 0.0168. The summed E-state index contributed by atoms with van der Waals surface area (Å²) in [5.74, 6) is -0.0300. The van der Waals surface area contributed by atoms with Gasteiger partial charge in [-0.05, 0) is 37.0 Å². The molecule has 96 valence electrons. The summed E-state index contributed by atoms with van der Waals surface area (Å²) in [6.45, 7) is 0.434. The Balaban J connectivity index is 1.98. The molecule has 4 heteroatoms. The SMILES string of the molecule is O=C(/C=C/c1cccnc1)N(CCO)C1CCC1. The van der Waals surface area contributed by atoms with Crippen LogP contribution in [0.2, 0.25) is 0 Å². The van der Waals surface area contributed by atoms with Crippen LogP contribution in [-0.2, 0) is 4.79 Å². The summed E-state index contributed by atoms with van der Waals surface area (Å²) in [6.07, 6.45) is 10.0. The molecule has 1 fully saturated rings. The van der Waals surface area contributed by atoms with Crippen molar-refractivity contribution in [3.63, 3.8) is 0 Å². The molecule has 0 saturated heterocycles. The van der Waals surface area contributed by atoms with Crippen LogP contribution in [0.15, 0.2) is 30.6 Å². The van der Waals surface area contributed by atoms with E-state index in [1.807, 2.05) is 12.1 Å². The van der Waals surface area contributed by atoms with Gasteiger partial charge in [-0.25, -0.2) is 0 Å². The summed E-state index contributed by atoms with van der Waals surface area (Å²) in [7, 11) is 0. The second-order valence-corrected chi connectivity index (χ2v) is 4.46. The Kier molecular flexibility index (Phi) is 4.47. The van der Waals surface area contributed by atoms with Crippen molar-refractivity contribution in [2.45, 2.75) is 25.3 Å². The zero-order chi connectivity index (χ0) is 12.8. The van der Waals surface area contributed by atoms with Crippen molar-refractivity contribution in [2.75, 3.05) is 13.2 Å². The van der Waals surface area contributed by atoms with E-state index in [4.69, 9.17) is 5.11 Å². The molecular weight excluding hydrogens is 228 g/mol. The van der Waals surface area contributed by atoms with E-state index < -0.39 is 0 Å². The fourth-order valence-electron chi connectivity index (χ4n) is 2.02. The van der Waals surface area contributed by atoms with Gasteiger partial charge in [-0.3, -0.25) is 9.78 Å². The number of carbonyl (C=O) groups excluding carboxylic acids is 1. The zero-order valence-corrected chi connectivity index (χ0v) is 10.3. The summed E-state index contributed by atoms with van der Waals surface area (Å²) < 4.78 is 0. The van der Waals surface area contributed by atoms with E-state index in [0.29, 0.717) is 12.6 Å². The highest BCUT2D eigenvalue weighted by molar-refractivity contribution is 5.92. The highest BCUT2D eigenvalue weighted by Gasteiger charge is 2.26. The fraction of sp³-hybridized carbons (Fsp3) is 0.429. The number of hydrogen-bond donors (Lipinski definition) is 1. The average Bonchev–Trinajstić information content (AvgIpc) is 2.34. The minimum atomic E-state index is -0.0300. The molecule has 0 aliphatic heterocycles. The van der Waals surface area contributed by atoms with Crippen molar-refractivity contribution >= 4 is 12.0 Å². The quantitative estimate of drug-likeness (QED) is 0.800. The second-order valence-electron chi connectivity index (χ2n) is 4.46. The first-order chi connectivity index (χ1) is 8.81. The standard InChI is InChI=1S/C14H18N2O2/c17-10-9-16(13-4-1-5-13)14(18)7-6-12-3-2-8-15-11-12/h2-3,6-8,11,13,17H,1,4-5,9-10H2/b7-6+. The molecule has 0 radical (unpaired) electrons. The Bertz CT molecular complexity index is 413. The smallest absolute Gasteiger partial charge is 0.246 e. The normalized spacial score (nSPS) is 15.6. The van der Waals surface area contributed by atoms with Crippen molar-refractivity contribution in [1.82, 2.24) is 9.88 Å². The van der Waals surface area contributed by atoms with Crippen molar-refractivity contribution in [1.29, 1.82) is 0 Å². The average molecular weight is 246 g/mol. The Hall–Kier alpha value is -1.68. The van der Waals surface area contributed by atoms with Gasteiger partial charge in [-0.2, -0.15) is 0 Å². The first-order valence-corrected chi connectivity index (χ1v) is 6.31. The number of rotatable bonds is 5. The number of nitrogens with zero attached hydrogens (tertiary/aromatic N) is 2. The molecule has 1 amide bonds. The summed E-state index contributed by atoms with van der Waals surface area (Å²) in [5.41, 5.74) is 0.906. The highest BCUT2D eigenvalue weighted by atomic mass is 16.3. The number of aliphatic hydroxyl groups is 1. The van der Waals surface area contributed by atoms with Crippen LogP contribution >= 0.6 is 0 Å². The summed E-state index contributed by atoms with van der Waals surface area (Å²) in [5, 5.41) is 9.01. The van der Waals surface area contributed by atoms with Gasteiger partial charge in [0.2, 0.25) is 5.91 Å². The van der Waals surface area contributed by atoms with E-state index in [2.05, 4.69) is 4.98 Å². The van der Waals surface area contributed by atoms with Gasteiger partial charge in [0, 0.05) is 31.1 Å². The lowest BCUT2D eigenvalue weighted by Gasteiger charge is -2.36. The van der Waals surface area contributed by atoms with E-state index in [1.165, 1.54) is 6.42 Å². The van der Waals surface area contributed by atoms with Crippen LogP contribution in [-0.4, -0.2) is 40.1 Å². The number of amides is 1. The number of carbonyl (C=O) groups is 1. The fourth-order valence-corrected chi connectivity index (χ4v) is 2.02. The van der Waals surface area contributed by atoms with Gasteiger partial charge in [0.05, 0.1) is 6.61 Å². The maximum Gasteiger partial charge on any atom is 0.246 e. The van der Waals surface area contributed by atoms with Crippen molar-refractivity contribution < 1.29 is 9.90 Å². The minimum Gasteiger partial charge on any atom is -0.395 e. The van der Waals surface area contributed by atoms with Crippen LogP contribution in [0.3, 0.4) is 0 Å². The van der Waals surface area contributed by atoms with Gasteiger partial charge >= 0.3 is 0 Å². The van der Waals surface area contributed by atoms with Crippen LogP contribution in [0.1, 0.15) is 24.8 Å². The molecule has 1 aliphatic rings. The molecule has 0 aromatic carbocycles. The molecule has 1 aromatic rings. The van der Waals surface area contributed by atoms with E-state index >= 15 is 0 Å². The summed E-state index contributed by atoms with van der Waals surface area (Å²) in [6, 6.07) is 4.04. The predicted molar refractivity (Wildman–Crippen MR) is 69.7 cm³/mol. The molecular formula is C14H18N2O2. The molecule has 1 N–H and O–H groups in total. The lowest BCUT2D eigenvalue weighted by atomic mass is 9.91. The van der Waals surface area contributed by atoms with Crippen LogP contribution in [0.5, 0.6) is 0 Å². The summed E-state index contributed by atoms with van der Waals surface area (Å²) in [4.78, 5) is 17.8. The Morgan fingerprint density at radius 3 is 2.94 bits per heavy atom. The molecule has 0 unspecified atom stereocenters. The molecule has 1 heterocycles. The molecule has 2 rings (SSSR count). The maximum atomic E-state index is 12.0. The number of aliphatic hydroxyl groups excluding tert-OH is 1. The molecule has 1 saturated carbocycles. The Labute approximate surface area is 107 Å². The van der Waals surface area contributed by atoms with Crippen LogP contribution in [0.25, 0.3) is 6.08 Å². The highest BCUT2D eigenvalue weighted by Crippen LogP contribution is 2.24. The van der Waals surface area contributed by atoms with Gasteiger partial charge in [0.15, 0.2) is 0 Å². The van der Waals surface area contributed by atoms with E-state index in [1.54, 1.807) is 29.4 Å². The number of pyridine rings is 1. The van der Waals surface area contributed by atoms with Crippen LogP contribution in [0.4, 0.5) is 0 Å². The van der Waals surface area contributed by atoms with Crippen molar-refractivity contribution in [3.05, 3.63) is 36.2 Å². The molecule has 0 atom stereocenters. The third kappa shape index (κ3) is 3.17. The van der Waals surface area contributed by atoms with E-state index in [-0.39, 0.29) is 12.5 Å². The third-order valence-electron chi connectivity index (χ3n) is 3.24. The van der Waals surface area contributed by atoms with Crippen molar-refractivity contribution in [2.24, 2.45) is 0 Å². The Morgan fingerprint density at radius 1 is 1.56 bits per heavy atom. The lowest BCUT2D eigenvalue weighted by Crippen LogP contribution is -2.44. The molecule has 0 spiro atoms. The van der Waals surface area contributed by atoms with Crippen molar-refractivity contribution in [3.8, 4) is 0 Å². The predicted octanol–water partition coefficient (Wildman–Crippen LogP) is 1.47.